The molecule has 3 rings (SSSR count). The molecule has 0 fully saturated rings. The maximum atomic E-state index is 13.9. The van der Waals surface area contributed by atoms with Gasteiger partial charge in [-0.1, -0.05) is 60.9 Å². The zero-order valence-electron chi connectivity index (χ0n) is 23.1. The number of primary amides is 1. The lowest BCUT2D eigenvalue weighted by Crippen LogP contribution is -2.51. The van der Waals surface area contributed by atoms with Crippen molar-refractivity contribution in [1.82, 2.24) is 10.2 Å². The van der Waals surface area contributed by atoms with E-state index in [2.05, 4.69) is 22.6 Å². The van der Waals surface area contributed by atoms with Crippen molar-refractivity contribution in [3.05, 3.63) is 77.9 Å². The number of ether oxygens (including phenoxy) is 1. The number of nitrogens with zero attached hydrogens (tertiary/aromatic N) is 1. The molecule has 9 heteroatoms. The van der Waals surface area contributed by atoms with Crippen LogP contribution in [0, 0.1) is 24.8 Å². The molecule has 4 N–H and O–H groups in total. The molecule has 210 valence electrons. The summed E-state index contributed by atoms with van der Waals surface area (Å²) in [5.41, 5.74) is 5.56. The predicted molar refractivity (Wildman–Crippen MR) is 157 cm³/mol. The molecule has 4 amide bonds. The molecule has 2 atom stereocenters. The first-order chi connectivity index (χ1) is 19.4. The van der Waals surface area contributed by atoms with Crippen LogP contribution in [-0.2, 0) is 19.1 Å². The van der Waals surface area contributed by atoms with Crippen molar-refractivity contribution in [2.45, 2.75) is 51.3 Å². The molecule has 0 saturated heterocycles. The van der Waals surface area contributed by atoms with Gasteiger partial charge in [-0.25, -0.2) is 4.79 Å². The molecule has 0 aliphatic carbocycles. The number of nitrogens with two attached hydrogens (primary N) is 1. The van der Waals surface area contributed by atoms with Crippen molar-refractivity contribution in [2.24, 2.45) is 5.73 Å². The summed E-state index contributed by atoms with van der Waals surface area (Å²) >= 11 is 0. The van der Waals surface area contributed by atoms with Crippen LogP contribution in [0.25, 0.3) is 10.8 Å². The van der Waals surface area contributed by atoms with E-state index < -0.39 is 41.5 Å². The van der Waals surface area contributed by atoms with Gasteiger partial charge in [-0.05, 0) is 56.2 Å². The monoisotopic (exact) mass is 552 g/mol. The van der Waals surface area contributed by atoms with Crippen LogP contribution >= 0.6 is 0 Å². The third-order valence-electron chi connectivity index (χ3n) is 5.98. The molecule has 0 radical (unpaired) electrons. The van der Waals surface area contributed by atoms with Gasteiger partial charge in [-0.2, -0.15) is 0 Å². The van der Waals surface area contributed by atoms with E-state index in [0.717, 1.165) is 15.7 Å². The molecular formula is C32H32N4O5. The predicted octanol–water partition coefficient (Wildman–Crippen LogP) is 4.08. The topological polar surface area (TPSA) is 131 Å². The lowest BCUT2D eigenvalue weighted by Gasteiger charge is -2.31. The summed E-state index contributed by atoms with van der Waals surface area (Å²) in [6.45, 7) is 4.97. The highest BCUT2D eigenvalue weighted by molar-refractivity contribution is 6.01. The molecule has 9 nitrogen and oxygen atoms in total. The zero-order valence-corrected chi connectivity index (χ0v) is 23.1. The van der Waals surface area contributed by atoms with E-state index in [1.54, 1.807) is 57.2 Å². The molecule has 2 unspecified atom stereocenters. The smallest absolute Gasteiger partial charge is 0.408 e. The van der Waals surface area contributed by atoms with Gasteiger partial charge in [0, 0.05) is 29.3 Å². The van der Waals surface area contributed by atoms with E-state index in [9.17, 15) is 19.2 Å². The maximum Gasteiger partial charge on any atom is 0.408 e. The SMILES string of the molecule is C#Cc1ccccc1C(C(=O)Nc1ccc2ccccc2c1)N(C#C)C(=O)C(CCC(N)=O)NC(=O)OC(C)(C)C. The number of fused-ring (bicyclic) bond motifs is 1. The van der Waals surface area contributed by atoms with E-state index in [1.165, 1.54) is 0 Å². The molecule has 0 spiro atoms. The first-order valence-corrected chi connectivity index (χ1v) is 12.9. The zero-order chi connectivity index (χ0) is 30.2. The Morgan fingerprint density at radius 3 is 2.27 bits per heavy atom. The van der Waals surface area contributed by atoms with E-state index in [-0.39, 0.29) is 12.8 Å². The van der Waals surface area contributed by atoms with Gasteiger partial charge < -0.3 is 21.1 Å². The Kier molecular flexibility index (Phi) is 9.73. The fraction of sp³-hybridized carbons (Fsp3) is 0.250. The first-order valence-electron chi connectivity index (χ1n) is 12.9. The molecule has 0 aliphatic heterocycles. The fourth-order valence-corrected chi connectivity index (χ4v) is 4.17. The molecule has 0 aliphatic rings. The number of benzene rings is 3. The Labute approximate surface area is 239 Å². The summed E-state index contributed by atoms with van der Waals surface area (Å²) in [6.07, 6.45) is 10.2. The minimum atomic E-state index is -1.39. The van der Waals surface area contributed by atoms with Crippen molar-refractivity contribution in [3.63, 3.8) is 0 Å². The third kappa shape index (κ3) is 8.11. The van der Waals surface area contributed by atoms with Crippen LogP contribution in [-0.4, -0.2) is 40.4 Å². The third-order valence-corrected chi connectivity index (χ3v) is 5.98. The summed E-state index contributed by atoms with van der Waals surface area (Å²) in [7, 11) is 0. The number of anilines is 1. The highest BCUT2D eigenvalue weighted by Crippen LogP contribution is 2.28. The van der Waals surface area contributed by atoms with Crippen molar-refractivity contribution in [2.75, 3.05) is 5.32 Å². The number of nitrogens with one attached hydrogen (secondary N) is 2. The van der Waals surface area contributed by atoms with E-state index in [4.69, 9.17) is 23.3 Å². The van der Waals surface area contributed by atoms with Crippen molar-refractivity contribution < 1.29 is 23.9 Å². The Morgan fingerprint density at radius 1 is 0.976 bits per heavy atom. The number of hydrogen-bond acceptors (Lipinski definition) is 5. The summed E-state index contributed by atoms with van der Waals surface area (Å²) < 4.78 is 5.29. The standard InChI is InChI=1S/C32H32N4O5/c1-6-21-12-10-11-15-25(21)28(29(38)34-24-17-16-22-13-8-9-14-23(22)20-24)36(7-2)30(39)26(18-19-27(33)37)35-31(40)41-32(3,4)5/h1-2,8-17,20,26,28H,18-19H2,3-5H3,(H2,33,37)(H,34,38)(H,35,40). The summed E-state index contributed by atoms with van der Waals surface area (Å²) in [5, 5.41) is 7.16. The number of terminal acetylenes is 2. The summed E-state index contributed by atoms with van der Waals surface area (Å²) in [6, 6.07) is 19.1. The lowest BCUT2D eigenvalue weighted by molar-refractivity contribution is -0.137. The van der Waals surface area contributed by atoms with Gasteiger partial charge in [0.15, 0.2) is 6.04 Å². The van der Waals surface area contributed by atoms with Crippen molar-refractivity contribution in [1.29, 1.82) is 0 Å². The molecule has 41 heavy (non-hydrogen) atoms. The van der Waals surface area contributed by atoms with Crippen LogP contribution in [0.4, 0.5) is 10.5 Å². The summed E-state index contributed by atoms with van der Waals surface area (Å²) in [5.74, 6) is 0.369. The second kappa shape index (κ2) is 13.2. The maximum absolute atomic E-state index is 13.9. The number of alkyl carbamates (subject to hydrolysis) is 1. The second-order valence-corrected chi connectivity index (χ2v) is 10.2. The number of amides is 4. The average molecular weight is 553 g/mol. The highest BCUT2D eigenvalue weighted by atomic mass is 16.6. The van der Waals surface area contributed by atoms with Crippen LogP contribution in [0.15, 0.2) is 66.7 Å². The number of carbonyl (C=O) groups excluding carboxylic acids is 4. The quantitative estimate of drug-likeness (QED) is 0.272. The Morgan fingerprint density at radius 2 is 1.63 bits per heavy atom. The minimum absolute atomic E-state index is 0.179. The summed E-state index contributed by atoms with van der Waals surface area (Å²) in [4.78, 5) is 52.7. The van der Waals surface area contributed by atoms with Crippen LogP contribution in [0.1, 0.15) is 50.8 Å². The first kappa shape index (κ1) is 30.3. The lowest BCUT2D eigenvalue weighted by atomic mass is 9.97. The van der Waals surface area contributed by atoms with Gasteiger partial charge in [0.25, 0.3) is 11.8 Å². The van der Waals surface area contributed by atoms with Gasteiger partial charge in [-0.15, -0.1) is 6.42 Å². The average Bonchev–Trinajstić information content (AvgIpc) is 2.92. The van der Waals surface area contributed by atoms with E-state index in [0.29, 0.717) is 16.8 Å². The molecule has 3 aromatic rings. The van der Waals surface area contributed by atoms with Gasteiger partial charge in [-0.3, -0.25) is 19.3 Å². The number of hydrogen-bond donors (Lipinski definition) is 3. The number of rotatable bonds is 9. The normalized spacial score (nSPS) is 12.2. The molecule has 0 saturated carbocycles. The molecule has 0 aromatic heterocycles. The van der Waals surface area contributed by atoms with Gasteiger partial charge in [0.05, 0.1) is 0 Å². The van der Waals surface area contributed by atoms with Crippen LogP contribution < -0.4 is 16.4 Å². The minimum Gasteiger partial charge on any atom is -0.444 e. The Bertz CT molecular complexity index is 1540. The van der Waals surface area contributed by atoms with Crippen LogP contribution in [0.3, 0.4) is 0 Å². The van der Waals surface area contributed by atoms with Crippen molar-refractivity contribution in [3.8, 4) is 24.8 Å². The largest absolute Gasteiger partial charge is 0.444 e. The molecule has 0 bridgehead atoms. The van der Waals surface area contributed by atoms with Crippen LogP contribution in [0.2, 0.25) is 0 Å². The fourth-order valence-electron chi connectivity index (χ4n) is 4.17. The van der Waals surface area contributed by atoms with Gasteiger partial charge in [0.2, 0.25) is 5.91 Å². The van der Waals surface area contributed by atoms with Gasteiger partial charge >= 0.3 is 6.09 Å². The van der Waals surface area contributed by atoms with Gasteiger partial charge in [0.1, 0.15) is 11.6 Å². The molecular weight excluding hydrogens is 520 g/mol. The van der Waals surface area contributed by atoms with Crippen molar-refractivity contribution >= 4 is 40.3 Å². The second-order valence-electron chi connectivity index (χ2n) is 10.2. The Hall–Kier alpha value is -5.28. The molecule has 3 aromatic carbocycles. The van der Waals surface area contributed by atoms with Crippen LogP contribution in [0.5, 0.6) is 0 Å². The number of carbonyl (C=O) groups is 4. The Balaban J connectivity index is 2.02. The molecule has 0 heterocycles. The highest BCUT2D eigenvalue weighted by Gasteiger charge is 2.37. The van der Waals surface area contributed by atoms with E-state index in [1.807, 2.05) is 30.3 Å². The van der Waals surface area contributed by atoms with E-state index >= 15 is 0 Å².